The van der Waals surface area contributed by atoms with Gasteiger partial charge in [0.1, 0.15) is 0 Å². The van der Waals surface area contributed by atoms with Gasteiger partial charge in [0.05, 0.1) is 0 Å². The van der Waals surface area contributed by atoms with Crippen LogP contribution in [0.15, 0.2) is 0 Å². The third-order valence-corrected chi connectivity index (χ3v) is 4.23. The Labute approximate surface area is 183 Å². The largest absolute Gasteiger partial charge is 1.00 e. The minimum Gasteiger partial charge on any atom is -1.00 e. The summed E-state index contributed by atoms with van der Waals surface area (Å²) in [5, 5.41) is 7.66. The van der Waals surface area contributed by atoms with Crippen molar-refractivity contribution in [2.75, 3.05) is 0 Å². The Morgan fingerprint density at radius 1 is 1.07 bits per heavy atom. The summed E-state index contributed by atoms with van der Waals surface area (Å²) in [5.41, 5.74) is 0. The zero-order valence-corrected chi connectivity index (χ0v) is 19.0. The van der Waals surface area contributed by atoms with Gasteiger partial charge in [-0.2, -0.15) is 16.8 Å². The molecule has 7 nitrogen and oxygen atoms in total. The topological polar surface area (TPSA) is 118 Å². The van der Waals surface area contributed by atoms with Crippen molar-refractivity contribution < 1.29 is 155 Å². The molecular weight excluding hydrogens is 292 g/mol. The molecule has 0 spiro atoms. The summed E-state index contributed by atoms with van der Waals surface area (Å²) in [6.07, 6.45) is 0. The summed E-state index contributed by atoms with van der Waals surface area (Å²) in [7, 11) is -9.38. The van der Waals surface area contributed by atoms with Crippen LogP contribution in [-0.2, 0) is 24.6 Å². The van der Waals surface area contributed by atoms with Crippen molar-refractivity contribution in [1.29, 1.82) is 0 Å². The van der Waals surface area contributed by atoms with Gasteiger partial charge in [-0.3, -0.25) is 4.55 Å². The van der Waals surface area contributed by atoms with Crippen molar-refractivity contribution >= 4 is 20.2 Å². The molecule has 1 atom stereocenters. The van der Waals surface area contributed by atoms with Crippen molar-refractivity contribution in [3.63, 3.8) is 0 Å². The Bertz CT molecular complexity index is 335. The fourth-order valence-electron chi connectivity index (χ4n) is 0.210. The van der Waals surface area contributed by atoms with Crippen LogP contribution < -0.4 is 118 Å². The van der Waals surface area contributed by atoms with Crippen LogP contribution in [0.4, 0.5) is 0 Å². The fourth-order valence-corrected chi connectivity index (χ4v) is 1.63. The molecule has 0 aliphatic rings. The summed E-state index contributed by atoms with van der Waals surface area (Å²) in [6, 6.07) is 0. The average Bonchev–Trinajstić information content (AvgIpc) is 1.84. The first-order valence-electron chi connectivity index (χ1n) is 2.25. The van der Waals surface area contributed by atoms with Gasteiger partial charge in [-0.05, 0) is 6.92 Å². The van der Waals surface area contributed by atoms with Gasteiger partial charge >= 0.3 is 128 Å². The van der Waals surface area contributed by atoms with Crippen molar-refractivity contribution in [3.05, 3.63) is 0 Å². The molecule has 76 valence electrons. The summed E-state index contributed by atoms with van der Waals surface area (Å²) < 4.78 is 49.7. The second-order valence-electron chi connectivity index (χ2n) is 1.65. The third-order valence-electron chi connectivity index (χ3n) is 0.930. The molecular formula is C2H10Na4O7S2. The molecule has 0 aromatic carbocycles. The smallest absolute Gasteiger partial charge is 1.00 e. The minimum absolute atomic E-state index is 0. The second-order valence-corrected chi connectivity index (χ2v) is 5.53. The number of rotatable bonds is 3. The molecule has 0 radical (unpaired) electrons. The van der Waals surface area contributed by atoms with Crippen LogP contribution in [0.5, 0.6) is 0 Å². The van der Waals surface area contributed by atoms with E-state index in [-0.39, 0.29) is 124 Å². The van der Waals surface area contributed by atoms with Gasteiger partial charge in [0.25, 0.3) is 10.1 Å². The second kappa shape index (κ2) is 12.8. The molecule has 2 N–H and O–H groups in total. The van der Waals surface area contributed by atoms with E-state index < -0.39 is 24.8 Å². The Kier molecular flexibility index (Phi) is 26.7. The van der Waals surface area contributed by atoms with Crippen molar-refractivity contribution in [2.24, 2.45) is 0 Å². The molecule has 13 heteroatoms. The molecule has 1 unspecified atom stereocenters. The van der Waals surface area contributed by atoms with E-state index in [9.17, 15) is 16.8 Å². The van der Waals surface area contributed by atoms with Gasteiger partial charge in [0.2, 0.25) is 4.58 Å². The molecule has 0 aromatic rings. The van der Waals surface area contributed by atoms with E-state index in [1.54, 1.807) is 0 Å². The molecule has 0 bridgehead atoms. The van der Waals surface area contributed by atoms with Crippen molar-refractivity contribution in [3.8, 4) is 0 Å². The van der Waals surface area contributed by atoms with Gasteiger partial charge < -0.3 is 5.71 Å². The summed E-state index contributed by atoms with van der Waals surface area (Å²) in [5.74, 6) is 0. The van der Waals surface area contributed by atoms with Gasteiger partial charge in [0.15, 0.2) is 0 Å². The van der Waals surface area contributed by atoms with E-state index in [1.807, 2.05) is 0 Å². The standard InChI is InChI=1S/C2H6O7S2.4Na.4H/c1-2(10(4,5)6)11(7,8)9-3;;;;;;;;/h2-3H,1H3,(H,4,5,6);;;;;;;;/q;4*+1;4*-1. The van der Waals surface area contributed by atoms with Crippen LogP contribution in [-0.4, -0.2) is 31.2 Å². The van der Waals surface area contributed by atoms with E-state index in [4.69, 9.17) is 9.81 Å². The van der Waals surface area contributed by atoms with Crippen LogP contribution in [0.1, 0.15) is 12.6 Å². The van der Waals surface area contributed by atoms with E-state index in [1.165, 1.54) is 0 Å². The summed E-state index contributed by atoms with van der Waals surface area (Å²) in [4.78, 5) is 0. The normalized spacial score (nSPS) is 11.9. The summed E-state index contributed by atoms with van der Waals surface area (Å²) in [6.45, 7) is 0.654. The van der Waals surface area contributed by atoms with Crippen LogP contribution in [0, 0.1) is 0 Å². The van der Waals surface area contributed by atoms with E-state index in [0.717, 1.165) is 0 Å². The maximum Gasteiger partial charge on any atom is 1.00 e. The van der Waals surface area contributed by atoms with E-state index in [0.29, 0.717) is 6.92 Å². The third kappa shape index (κ3) is 12.6. The first kappa shape index (κ1) is 31.3. The summed E-state index contributed by atoms with van der Waals surface area (Å²) >= 11 is 0. The quantitative estimate of drug-likeness (QED) is 0.230. The van der Waals surface area contributed by atoms with Crippen molar-refractivity contribution in [1.82, 2.24) is 0 Å². The van der Waals surface area contributed by atoms with E-state index in [2.05, 4.69) is 4.33 Å². The van der Waals surface area contributed by atoms with Gasteiger partial charge in [-0.1, -0.05) is 0 Å². The SMILES string of the molecule is CC(S(=O)(=O)O)S(=O)(=O)OO.[H-].[H-].[H-].[H-].[Na+].[Na+].[Na+].[Na+]. The van der Waals surface area contributed by atoms with E-state index >= 15 is 0 Å². The Balaban J connectivity index is -0.0000000179. The average molecular weight is 302 g/mol. The van der Waals surface area contributed by atoms with Crippen LogP contribution in [0.3, 0.4) is 0 Å². The number of hydrogen-bond donors (Lipinski definition) is 2. The maximum atomic E-state index is 10.3. The molecule has 15 heavy (non-hydrogen) atoms. The Morgan fingerprint density at radius 2 is 1.33 bits per heavy atom. The zero-order chi connectivity index (χ0) is 9.28. The molecule has 0 aliphatic carbocycles. The van der Waals surface area contributed by atoms with Gasteiger partial charge in [0, 0.05) is 0 Å². The predicted molar refractivity (Wildman–Crippen MR) is 38.1 cm³/mol. The Hall–Kier alpha value is 3.78. The predicted octanol–water partition coefficient (Wildman–Crippen LogP) is -12.5. The van der Waals surface area contributed by atoms with Gasteiger partial charge in [-0.25, -0.2) is 5.26 Å². The van der Waals surface area contributed by atoms with Gasteiger partial charge in [-0.15, -0.1) is 4.33 Å². The van der Waals surface area contributed by atoms with Crippen LogP contribution in [0.2, 0.25) is 0 Å². The molecule has 0 saturated carbocycles. The number of hydrogen-bond acceptors (Lipinski definition) is 6. The van der Waals surface area contributed by atoms with Crippen LogP contribution >= 0.6 is 0 Å². The Morgan fingerprint density at radius 3 is 1.40 bits per heavy atom. The molecule has 0 heterocycles. The first-order chi connectivity index (χ1) is 4.72. The zero-order valence-electron chi connectivity index (χ0n) is 13.3. The first-order valence-corrected chi connectivity index (χ1v) is 5.22. The molecule has 0 aliphatic heterocycles. The van der Waals surface area contributed by atoms with Crippen LogP contribution in [0.25, 0.3) is 0 Å². The maximum absolute atomic E-state index is 10.3. The fraction of sp³-hybridized carbons (Fsp3) is 1.00. The molecule has 0 rings (SSSR count). The molecule has 0 amide bonds. The minimum atomic E-state index is -4.75. The van der Waals surface area contributed by atoms with Crippen molar-refractivity contribution in [2.45, 2.75) is 11.5 Å². The monoisotopic (exact) mass is 302 g/mol. The molecule has 0 saturated heterocycles. The molecule has 0 fully saturated rings. The molecule has 0 aromatic heterocycles.